The number of aliphatic imine (C=N–C) groups is 1. The van der Waals surface area contributed by atoms with Gasteiger partial charge in [-0.1, -0.05) is 23.8 Å². The summed E-state index contributed by atoms with van der Waals surface area (Å²) in [6.07, 6.45) is 2.54. The van der Waals surface area contributed by atoms with E-state index >= 15 is 0 Å². The lowest BCUT2D eigenvalue weighted by atomic mass is 9.80. The smallest absolute Gasteiger partial charge is 0.134 e. The standard InChI is InChI=1S/C18H25ClN4O2/c1-8(2)15(9(3)25-20)12-6-13-11(7-14(12)24-5)16-17(19)21-10(4)22-18(16)23-13/h6,9-11,15,21H,1,7,20H2,2-5H3,(H,22,23)/t9?,10-,11?,15?/m1/s1. The number of allylic oxidation sites excluding steroid dienone is 3. The molecule has 1 fully saturated rings. The molecule has 0 amide bonds. The van der Waals surface area contributed by atoms with Crippen LogP contribution in [0.4, 0.5) is 0 Å². The summed E-state index contributed by atoms with van der Waals surface area (Å²) in [7, 11) is 1.69. The van der Waals surface area contributed by atoms with E-state index < -0.39 is 0 Å². The third-order valence-corrected chi connectivity index (χ3v) is 5.27. The molecule has 2 aliphatic heterocycles. The van der Waals surface area contributed by atoms with Gasteiger partial charge in [-0.25, -0.2) is 10.9 Å². The number of nitrogens with two attached hydrogens (primary N) is 1. The molecule has 0 bridgehead atoms. The average Bonchev–Trinajstić information content (AvgIpc) is 2.90. The van der Waals surface area contributed by atoms with Crippen molar-refractivity contribution in [2.45, 2.75) is 39.5 Å². The maximum absolute atomic E-state index is 6.46. The van der Waals surface area contributed by atoms with Crippen molar-refractivity contribution in [1.29, 1.82) is 0 Å². The van der Waals surface area contributed by atoms with Gasteiger partial charge in [-0.05, 0) is 26.8 Å². The molecule has 0 spiro atoms. The second-order valence-corrected chi connectivity index (χ2v) is 7.13. The zero-order chi connectivity index (χ0) is 18.3. The summed E-state index contributed by atoms with van der Waals surface area (Å²) < 4.78 is 5.72. The monoisotopic (exact) mass is 364 g/mol. The fourth-order valence-corrected chi connectivity index (χ4v) is 4.20. The van der Waals surface area contributed by atoms with E-state index in [4.69, 9.17) is 27.1 Å². The van der Waals surface area contributed by atoms with Crippen molar-refractivity contribution >= 4 is 17.4 Å². The first-order chi connectivity index (χ1) is 11.9. The van der Waals surface area contributed by atoms with Gasteiger partial charge < -0.3 is 20.2 Å². The summed E-state index contributed by atoms with van der Waals surface area (Å²) in [5.74, 6) is 7.22. The Balaban J connectivity index is 2.03. The Kier molecular flexibility index (Phi) is 4.95. The van der Waals surface area contributed by atoms with Gasteiger partial charge in [0.05, 0.1) is 13.2 Å². The van der Waals surface area contributed by atoms with Crippen molar-refractivity contribution < 1.29 is 9.57 Å². The Hall–Kier alpha value is -1.76. The molecule has 3 aliphatic rings. The normalized spacial score (nSPS) is 27.4. The summed E-state index contributed by atoms with van der Waals surface area (Å²) in [4.78, 5) is 9.71. The van der Waals surface area contributed by atoms with Crippen LogP contribution in [0.15, 0.2) is 51.0 Å². The summed E-state index contributed by atoms with van der Waals surface area (Å²) in [5, 5.41) is 7.24. The molecule has 7 heteroatoms. The number of ether oxygens (including phenoxy) is 1. The lowest BCUT2D eigenvalue weighted by Crippen LogP contribution is -2.32. The van der Waals surface area contributed by atoms with Crippen LogP contribution in [0.25, 0.3) is 0 Å². The fourth-order valence-electron chi connectivity index (χ4n) is 3.82. The van der Waals surface area contributed by atoms with Crippen molar-refractivity contribution in [3.05, 3.63) is 46.0 Å². The van der Waals surface area contributed by atoms with Gasteiger partial charge in [-0.15, -0.1) is 0 Å². The first-order valence-corrected chi connectivity index (χ1v) is 8.76. The number of nitrogens with zero attached hydrogens (tertiary/aromatic N) is 1. The summed E-state index contributed by atoms with van der Waals surface area (Å²) >= 11 is 6.46. The molecule has 2 heterocycles. The molecule has 0 saturated carbocycles. The van der Waals surface area contributed by atoms with E-state index in [1.54, 1.807) is 7.11 Å². The van der Waals surface area contributed by atoms with Crippen molar-refractivity contribution in [2.75, 3.05) is 7.11 Å². The molecule has 25 heavy (non-hydrogen) atoms. The molecule has 0 aromatic carbocycles. The molecular weight excluding hydrogens is 340 g/mol. The molecule has 0 aromatic rings. The van der Waals surface area contributed by atoms with Gasteiger partial charge in [0.2, 0.25) is 0 Å². The predicted octanol–water partition coefficient (Wildman–Crippen LogP) is 2.66. The SMILES string of the molecule is C=C(C)C(C1=C(OC)CC2C(=C1)NC1=N[C@H](C)NC(Cl)=C12)C(C)ON. The molecule has 3 rings (SSSR count). The average molecular weight is 365 g/mol. The van der Waals surface area contributed by atoms with E-state index in [2.05, 4.69) is 28.3 Å². The number of methoxy groups -OCH3 is 1. The lowest BCUT2D eigenvalue weighted by molar-refractivity contribution is 0.0435. The molecule has 6 nitrogen and oxygen atoms in total. The predicted molar refractivity (Wildman–Crippen MR) is 99.3 cm³/mol. The van der Waals surface area contributed by atoms with Crippen molar-refractivity contribution in [2.24, 2.45) is 22.7 Å². The van der Waals surface area contributed by atoms with Gasteiger partial charge in [-0.3, -0.25) is 0 Å². The highest BCUT2D eigenvalue weighted by molar-refractivity contribution is 6.32. The third-order valence-electron chi connectivity index (χ3n) is 4.96. The van der Waals surface area contributed by atoms with Crippen molar-refractivity contribution in [3.63, 3.8) is 0 Å². The zero-order valence-electron chi connectivity index (χ0n) is 15.0. The molecule has 136 valence electrons. The maximum Gasteiger partial charge on any atom is 0.134 e. The van der Waals surface area contributed by atoms with Crippen molar-refractivity contribution in [1.82, 2.24) is 10.6 Å². The number of hydrogen-bond donors (Lipinski definition) is 3. The number of amidine groups is 1. The number of hydrogen-bond acceptors (Lipinski definition) is 6. The Morgan fingerprint density at radius 3 is 2.84 bits per heavy atom. The number of nitrogens with one attached hydrogen (secondary N) is 2. The van der Waals surface area contributed by atoms with Crippen LogP contribution in [0.1, 0.15) is 27.2 Å². The minimum Gasteiger partial charge on any atom is -0.501 e. The zero-order valence-corrected chi connectivity index (χ0v) is 15.8. The van der Waals surface area contributed by atoms with Crippen LogP contribution in [-0.2, 0) is 9.57 Å². The second kappa shape index (κ2) is 6.86. The molecule has 0 aromatic heterocycles. The Labute approximate surface area is 153 Å². The van der Waals surface area contributed by atoms with Crippen molar-refractivity contribution in [3.8, 4) is 0 Å². The Bertz CT molecular complexity index is 723. The lowest BCUT2D eigenvalue weighted by Gasteiger charge is -2.30. The molecule has 0 radical (unpaired) electrons. The van der Waals surface area contributed by atoms with E-state index in [1.807, 2.05) is 20.8 Å². The van der Waals surface area contributed by atoms with Gasteiger partial charge >= 0.3 is 0 Å². The van der Waals surface area contributed by atoms with E-state index in [0.29, 0.717) is 11.6 Å². The summed E-state index contributed by atoms with van der Waals surface area (Å²) in [6.45, 7) is 9.98. The van der Waals surface area contributed by atoms with E-state index in [1.165, 1.54) is 0 Å². The first kappa shape index (κ1) is 18.0. The summed E-state index contributed by atoms with van der Waals surface area (Å²) in [5.41, 5.74) is 4.06. The topological polar surface area (TPSA) is 80.9 Å². The number of fused-ring (bicyclic) bond motifs is 3. The van der Waals surface area contributed by atoms with Gasteiger partial charge in [0.15, 0.2) is 0 Å². The quantitative estimate of drug-likeness (QED) is 0.397. The van der Waals surface area contributed by atoms with E-state index in [9.17, 15) is 0 Å². The molecule has 1 aliphatic carbocycles. The Morgan fingerprint density at radius 1 is 1.52 bits per heavy atom. The van der Waals surface area contributed by atoms with Gasteiger partial charge in [-0.2, -0.15) is 0 Å². The van der Waals surface area contributed by atoms with Gasteiger partial charge in [0, 0.05) is 35.1 Å². The second-order valence-electron chi connectivity index (χ2n) is 6.75. The minimum atomic E-state index is -0.212. The van der Waals surface area contributed by atoms with Crippen LogP contribution < -0.4 is 16.5 Å². The first-order valence-electron chi connectivity index (χ1n) is 8.38. The van der Waals surface area contributed by atoms with Crippen LogP contribution in [0.3, 0.4) is 0 Å². The number of halogens is 1. The molecular formula is C18H25ClN4O2. The highest BCUT2D eigenvalue weighted by atomic mass is 35.5. The highest BCUT2D eigenvalue weighted by Gasteiger charge is 2.41. The largest absolute Gasteiger partial charge is 0.501 e. The van der Waals surface area contributed by atoms with Gasteiger partial charge in [0.1, 0.15) is 22.9 Å². The fraction of sp³-hybridized carbons (Fsp3) is 0.500. The van der Waals surface area contributed by atoms with Crippen LogP contribution >= 0.6 is 11.6 Å². The van der Waals surface area contributed by atoms with Crippen LogP contribution in [0.5, 0.6) is 0 Å². The van der Waals surface area contributed by atoms with E-state index in [-0.39, 0.29) is 24.1 Å². The molecule has 3 unspecified atom stereocenters. The van der Waals surface area contributed by atoms with Crippen LogP contribution in [0.2, 0.25) is 0 Å². The van der Waals surface area contributed by atoms with Crippen LogP contribution in [-0.4, -0.2) is 25.2 Å². The molecule has 4 N–H and O–H groups in total. The maximum atomic E-state index is 6.46. The van der Waals surface area contributed by atoms with Gasteiger partial charge in [0.25, 0.3) is 0 Å². The Morgan fingerprint density at radius 2 is 2.24 bits per heavy atom. The molecule has 1 saturated heterocycles. The number of rotatable bonds is 5. The third kappa shape index (κ3) is 3.10. The van der Waals surface area contributed by atoms with E-state index in [0.717, 1.165) is 34.0 Å². The highest BCUT2D eigenvalue weighted by Crippen LogP contribution is 2.43. The summed E-state index contributed by atoms with van der Waals surface area (Å²) in [6, 6.07) is 0. The molecule has 4 atom stereocenters. The van der Waals surface area contributed by atoms with Crippen LogP contribution in [0, 0.1) is 11.8 Å². The minimum absolute atomic E-state index is 0.0531.